The third kappa shape index (κ3) is 6.96. The SMILES string of the molecule is Cc1cc(O[C@H]2CC[C@@H](C(=O)O)CC2)ccc1C(=O)NCCNC(=O)c1ccc(C(F)(F)F)c(F)c1. The molecule has 2 aromatic carbocycles. The number of nitrogens with one attached hydrogen (secondary N) is 2. The third-order valence-corrected chi connectivity index (χ3v) is 6.00. The molecule has 3 rings (SSSR count). The van der Waals surface area contributed by atoms with Crippen LogP contribution in [-0.4, -0.2) is 42.1 Å². The van der Waals surface area contributed by atoms with Gasteiger partial charge in [-0.1, -0.05) is 0 Å². The Labute approximate surface area is 204 Å². The Bertz CT molecular complexity index is 1130. The Kier molecular flexibility index (Phi) is 8.54. The van der Waals surface area contributed by atoms with Gasteiger partial charge in [0.1, 0.15) is 11.6 Å². The number of halogens is 4. The second-order valence-corrected chi connectivity index (χ2v) is 8.61. The number of alkyl halides is 3. The predicted octanol–water partition coefficient (Wildman–Crippen LogP) is 4.33. The van der Waals surface area contributed by atoms with Crippen molar-refractivity contribution >= 4 is 17.8 Å². The van der Waals surface area contributed by atoms with E-state index in [1.54, 1.807) is 25.1 Å². The Hall–Kier alpha value is -3.63. The molecule has 0 radical (unpaired) electrons. The summed E-state index contributed by atoms with van der Waals surface area (Å²) in [7, 11) is 0. The van der Waals surface area contributed by atoms with Crippen LogP contribution >= 0.6 is 0 Å². The van der Waals surface area contributed by atoms with Crippen molar-refractivity contribution in [2.45, 2.75) is 44.9 Å². The zero-order chi connectivity index (χ0) is 26.5. The summed E-state index contributed by atoms with van der Waals surface area (Å²) in [4.78, 5) is 35.6. The highest BCUT2D eigenvalue weighted by molar-refractivity contribution is 5.96. The number of carbonyl (C=O) groups is 3. The molecule has 0 aromatic heterocycles. The standard InChI is InChI=1S/C25H26F4N2O5/c1-14-12-18(36-17-5-2-15(3-6-17)24(34)35)7-8-19(14)23(33)31-11-10-30-22(32)16-4-9-20(21(26)13-16)25(27,28)29/h4,7-9,12-13,15,17H,2-3,5-6,10-11H2,1H3,(H,30,32)(H,31,33)(H,34,35)/t15-,17+. The van der Waals surface area contributed by atoms with Crippen LogP contribution in [-0.2, 0) is 11.0 Å². The Morgan fingerprint density at radius 2 is 1.61 bits per heavy atom. The summed E-state index contributed by atoms with van der Waals surface area (Å²) in [5.41, 5.74) is -0.667. The van der Waals surface area contributed by atoms with Crippen molar-refractivity contribution in [1.29, 1.82) is 0 Å². The zero-order valence-corrected chi connectivity index (χ0v) is 19.5. The number of ether oxygens (including phenoxy) is 1. The van der Waals surface area contributed by atoms with Crippen LogP contribution in [0.15, 0.2) is 36.4 Å². The maximum Gasteiger partial charge on any atom is 0.419 e. The number of benzene rings is 2. The summed E-state index contributed by atoms with van der Waals surface area (Å²) < 4.78 is 57.5. The summed E-state index contributed by atoms with van der Waals surface area (Å²) in [5.74, 6) is -3.24. The molecular weight excluding hydrogens is 484 g/mol. The smallest absolute Gasteiger partial charge is 0.419 e. The quantitative estimate of drug-likeness (QED) is 0.362. The van der Waals surface area contributed by atoms with Gasteiger partial charge >= 0.3 is 12.1 Å². The van der Waals surface area contributed by atoms with Gasteiger partial charge in [0.2, 0.25) is 0 Å². The summed E-state index contributed by atoms with van der Waals surface area (Å²) in [6.07, 6.45) is -2.53. The van der Waals surface area contributed by atoms with Gasteiger partial charge in [-0.25, -0.2) is 4.39 Å². The molecule has 1 saturated carbocycles. The lowest BCUT2D eigenvalue weighted by atomic mass is 9.87. The van der Waals surface area contributed by atoms with Crippen LogP contribution in [0, 0.1) is 18.7 Å². The minimum atomic E-state index is -4.85. The molecule has 194 valence electrons. The number of aryl methyl sites for hydroxylation is 1. The fraction of sp³-hybridized carbons (Fsp3) is 0.400. The average Bonchev–Trinajstić information content (AvgIpc) is 2.81. The topological polar surface area (TPSA) is 105 Å². The van der Waals surface area contributed by atoms with Gasteiger partial charge in [0.25, 0.3) is 11.8 Å². The van der Waals surface area contributed by atoms with Crippen LogP contribution in [0.4, 0.5) is 17.6 Å². The van der Waals surface area contributed by atoms with Crippen LogP contribution in [0.5, 0.6) is 5.75 Å². The van der Waals surface area contributed by atoms with Crippen LogP contribution < -0.4 is 15.4 Å². The molecule has 2 amide bonds. The highest BCUT2D eigenvalue weighted by atomic mass is 19.4. The van der Waals surface area contributed by atoms with Crippen molar-refractivity contribution in [3.8, 4) is 5.75 Å². The number of carbonyl (C=O) groups excluding carboxylic acids is 2. The first-order valence-electron chi connectivity index (χ1n) is 11.4. The average molecular weight is 510 g/mol. The lowest BCUT2D eigenvalue weighted by molar-refractivity contribution is -0.143. The van der Waals surface area contributed by atoms with Crippen LogP contribution in [0.1, 0.15) is 57.5 Å². The molecule has 1 fully saturated rings. The molecule has 0 unspecified atom stereocenters. The van der Waals surface area contributed by atoms with E-state index >= 15 is 0 Å². The van der Waals surface area contributed by atoms with Crippen molar-refractivity contribution in [3.05, 3.63) is 64.5 Å². The molecule has 0 heterocycles. The summed E-state index contributed by atoms with van der Waals surface area (Å²) in [5, 5.41) is 14.1. The van der Waals surface area contributed by atoms with E-state index in [1.807, 2.05) is 0 Å². The second-order valence-electron chi connectivity index (χ2n) is 8.61. The minimum absolute atomic E-state index is 0.0214. The number of hydrogen-bond acceptors (Lipinski definition) is 4. The van der Waals surface area contributed by atoms with Crippen LogP contribution in [0.25, 0.3) is 0 Å². The normalized spacial score (nSPS) is 17.8. The molecule has 36 heavy (non-hydrogen) atoms. The van der Waals surface area contributed by atoms with E-state index in [9.17, 15) is 31.9 Å². The molecular formula is C25H26F4N2O5. The molecule has 7 nitrogen and oxygen atoms in total. The molecule has 2 aromatic rings. The van der Waals surface area contributed by atoms with Crippen molar-refractivity contribution in [2.75, 3.05) is 13.1 Å². The van der Waals surface area contributed by atoms with E-state index in [4.69, 9.17) is 9.84 Å². The Morgan fingerprint density at radius 3 is 2.17 bits per heavy atom. The number of rotatable bonds is 8. The molecule has 0 atom stereocenters. The van der Waals surface area contributed by atoms with Crippen LogP contribution in [0.3, 0.4) is 0 Å². The number of carboxylic acids is 1. The second kappa shape index (κ2) is 11.4. The summed E-state index contributed by atoms with van der Waals surface area (Å²) in [6, 6.07) is 6.88. The lowest BCUT2D eigenvalue weighted by Gasteiger charge is -2.27. The minimum Gasteiger partial charge on any atom is -0.490 e. The van der Waals surface area contributed by atoms with Crippen molar-refractivity contribution < 1.29 is 41.8 Å². The first kappa shape index (κ1) is 27.0. The highest BCUT2D eigenvalue weighted by Crippen LogP contribution is 2.31. The van der Waals surface area contributed by atoms with Gasteiger partial charge < -0.3 is 20.5 Å². The maximum absolute atomic E-state index is 13.6. The maximum atomic E-state index is 13.6. The molecule has 1 aliphatic rings. The molecule has 3 N–H and O–H groups in total. The molecule has 1 aliphatic carbocycles. The lowest BCUT2D eigenvalue weighted by Crippen LogP contribution is -2.35. The van der Waals surface area contributed by atoms with Crippen LogP contribution in [0.2, 0.25) is 0 Å². The Morgan fingerprint density at radius 1 is 0.972 bits per heavy atom. The predicted molar refractivity (Wildman–Crippen MR) is 121 cm³/mol. The third-order valence-electron chi connectivity index (χ3n) is 6.00. The molecule has 11 heteroatoms. The number of hydrogen-bond donors (Lipinski definition) is 3. The monoisotopic (exact) mass is 510 g/mol. The van der Waals surface area contributed by atoms with E-state index in [2.05, 4.69) is 10.6 Å². The highest BCUT2D eigenvalue weighted by Gasteiger charge is 2.34. The first-order chi connectivity index (χ1) is 17.0. The van der Waals surface area contributed by atoms with Crippen molar-refractivity contribution in [3.63, 3.8) is 0 Å². The van der Waals surface area contributed by atoms with E-state index < -0.39 is 35.3 Å². The summed E-state index contributed by atoms with van der Waals surface area (Å²) >= 11 is 0. The fourth-order valence-corrected chi connectivity index (χ4v) is 4.02. The summed E-state index contributed by atoms with van der Waals surface area (Å²) in [6.45, 7) is 1.76. The first-order valence-corrected chi connectivity index (χ1v) is 11.4. The van der Waals surface area contributed by atoms with E-state index in [0.29, 0.717) is 54.7 Å². The molecule has 0 saturated heterocycles. The van der Waals surface area contributed by atoms with Gasteiger partial charge in [-0.3, -0.25) is 14.4 Å². The van der Waals surface area contributed by atoms with E-state index in [-0.39, 0.29) is 30.7 Å². The fourth-order valence-electron chi connectivity index (χ4n) is 4.02. The zero-order valence-electron chi connectivity index (χ0n) is 19.5. The van der Waals surface area contributed by atoms with Gasteiger partial charge in [-0.15, -0.1) is 0 Å². The van der Waals surface area contributed by atoms with Gasteiger partial charge in [0.15, 0.2) is 0 Å². The van der Waals surface area contributed by atoms with E-state index in [0.717, 1.165) is 6.07 Å². The number of amides is 2. The molecule has 0 bridgehead atoms. The van der Waals surface area contributed by atoms with Gasteiger partial charge in [0, 0.05) is 24.2 Å². The van der Waals surface area contributed by atoms with Gasteiger partial charge in [-0.2, -0.15) is 13.2 Å². The number of aliphatic carboxylic acids is 1. The molecule has 0 spiro atoms. The Balaban J connectivity index is 1.46. The largest absolute Gasteiger partial charge is 0.490 e. The van der Waals surface area contributed by atoms with Crippen molar-refractivity contribution in [1.82, 2.24) is 10.6 Å². The number of carboxylic acid groups (broad SMARTS) is 1. The van der Waals surface area contributed by atoms with Gasteiger partial charge in [-0.05, 0) is 74.6 Å². The van der Waals surface area contributed by atoms with E-state index in [1.165, 1.54) is 0 Å². The van der Waals surface area contributed by atoms with Gasteiger partial charge in [0.05, 0.1) is 17.6 Å². The molecule has 0 aliphatic heterocycles. The van der Waals surface area contributed by atoms with Crippen molar-refractivity contribution in [2.24, 2.45) is 5.92 Å².